The molecule has 0 aliphatic carbocycles. The van der Waals surface area contributed by atoms with E-state index in [1.807, 2.05) is 0 Å². The quantitative estimate of drug-likeness (QED) is 0.538. The van der Waals surface area contributed by atoms with Gasteiger partial charge in [-0.05, 0) is 36.5 Å². The highest BCUT2D eigenvalue weighted by molar-refractivity contribution is 14.1. The van der Waals surface area contributed by atoms with Crippen molar-refractivity contribution in [3.05, 3.63) is 35.4 Å². The van der Waals surface area contributed by atoms with Gasteiger partial charge in [0.05, 0.1) is 5.56 Å². The second kappa shape index (κ2) is 5.14. The van der Waals surface area contributed by atoms with Gasteiger partial charge in [-0.15, -0.1) is 0 Å². The van der Waals surface area contributed by atoms with E-state index in [0.29, 0.717) is 5.92 Å². The topological polar surface area (TPSA) is 3.24 Å². The molecule has 0 bridgehead atoms. The largest absolute Gasteiger partial charge is 0.416 e. The van der Waals surface area contributed by atoms with Gasteiger partial charge in [0.15, 0.2) is 0 Å². The first-order chi connectivity index (χ1) is 7.97. The van der Waals surface area contributed by atoms with Gasteiger partial charge in [-0.2, -0.15) is 13.2 Å². The number of halogens is 4. The third-order valence-electron chi connectivity index (χ3n) is 3.15. The number of piperidine rings is 1. The average Bonchev–Trinajstić information content (AvgIpc) is 2.29. The maximum absolute atomic E-state index is 12.4. The average molecular weight is 355 g/mol. The first kappa shape index (κ1) is 13.1. The molecule has 1 aliphatic heterocycles. The smallest absolute Gasteiger partial charge is 0.248 e. The van der Waals surface area contributed by atoms with E-state index in [1.54, 1.807) is 12.1 Å². The molecule has 1 aromatic carbocycles. The molecule has 5 heteroatoms. The fourth-order valence-electron chi connectivity index (χ4n) is 2.13. The second-order valence-electron chi connectivity index (χ2n) is 4.30. The predicted molar refractivity (Wildman–Crippen MR) is 69.0 cm³/mol. The van der Waals surface area contributed by atoms with Crippen LogP contribution in [0.4, 0.5) is 13.2 Å². The van der Waals surface area contributed by atoms with Crippen molar-refractivity contribution in [2.75, 3.05) is 13.1 Å². The Balaban J connectivity index is 2.08. The second-order valence-corrected chi connectivity index (χ2v) is 5.67. The minimum atomic E-state index is -4.23. The lowest BCUT2D eigenvalue weighted by Gasteiger charge is -2.27. The van der Waals surface area contributed by atoms with Crippen LogP contribution in [-0.4, -0.2) is 16.2 Å². The number of rotatable bonds is 1. The highest BCUT2D eigenvalue weighted by Gasteiger charge is 2.30. The van der Waals surface area contributed by atoms with Crippen molar-refractivity contribution >= 4 is 22.9 Å². The van der Waals surface area contributed by atoms with Crippen LogP contribution in [-0.2, 0) is 6.18 Å². The third kappa shape index (κ3) is 3.34. The maximum atomic E-state index is 12.4. The highest BCUT2D eigenvalue weighted by atomic mass is 127. The zero-order chi connectivity index (χ0) is 12.5. The number of alkyl halides is 3. The molecule has 0 aromatic heterocycles. The van der Waals surface area contributed by atoms with Crippen molar-refractivity contribution in [3.8, 4) is 0 Å². The molecule has 1 fully saturated rings. The van der Waals surface area contributed by atoms with Gasteiger partial charge in [-0.3, -0.25) is 0 Å². The molecular weight excluding hydrogens is 342 g/mol. The van der Waals surface area contributed by atoms with Crippen LogP contribution in [0, 0.1) is 0 Å². The summed E-state index contributed by atoms with van der Waals surface area (Å²) in [5, 5.41) is 0. The van der Waals surface area contributed by atoms with Crippen molar-refractivity contribution in [1.82, 2.24) is 3.11 Å². The van der Waals surface area contributed by atoms with Crippen molar-refractivity contribution in [2.24, 2.45) is 0 Å². The first-order valence-electron chi connectivity index (χ1n) is 5.54. The van der Waals surface area contributed by atoms with E-state index >= 15 is 0 Å². The van der Waals surface area contributed by atoms with Crippen LogP contribution in [0.25, 0.3) is 0 Å². The van der Waals surface area contributed by atoms with Gasteiger partial charge >= 0.3 is 6.18 Å². The van der Waals surface area contributed by atoms with Gasteiger partial charge in [0.1, 0.15) is 0 Å². The van der Waals surface area contributed by atoms with E-state index in [1.165, 1.54) is 12.1 Å². The summed E-state index contributed by atoms with van der Waals surface area (Å²) in [4.78, 5) is 0. The maximum Gasteiger partial charge on any atom is 0.416 e. The lowest BCUT2D eigenvalue weighted by molar-refractivity contribution is -0.137. The standard InChI is InChI=1S/C12H13F3IN/c13-12(14,15)11-3-1-9(2-4-11)10-5-7-17(16)8-6-10/h1-4,10H,5-8H2. The summed E-state index contributed by atoms with van der Waals surface area (Å²) < 4.78 is 39.4. The van der Waals surface area contributed by atoms with Crippen molar-refractivity contribution in [2.45, 2.75) is 24.9 Å². The SMILES string of the molecule is FC(F)(F)c1ccc(C2CCN(I)CC2)cc1. The van der Waals surface area contributed by atoms with Crippen molar-refractivity contribution in [3.63, 3.8) is 0 Å². The molecule has 17 heavy (non-hydrogen) atoms. The zero-order valence-corrected chi connectivity index (χ0v) is 11.3. The van der Waals surface area contributed by atoms with Crippen LogP contribution in [0.5, 0.6) is 0 Å². The molecule has 1 nitrogen and oxygen atoms in total. The van der Waals surface area contributed by atoms with E-state index in [2.05, 4.69) is 26.0 Å². The lowest BCUT2D eigenvalue weighted by atomic mass is 9.90. The Bertz CT molecular complexity index is 366. The van der Waals surface area contributed by atoms with Crippen LogP contribution >= 0.6 is 22.9 Å². The van der Waals surface area contributed by atoms with E-state index < -0.39 is 11.7 Å². The van der Waals surface area contributed by atoms with E-state index in [4.69, 9.17) is 0 Å². The summed E-state index contributed by atoms with van der Waals surface area (Å²) in [5.41, 5.74) is 0.468. The summed E-state index contributed by atoms with van der Waals surface area (Å²) >= 11 is 2.29. The molecule has 0 N–H and O–H groups in total. The Morgan fingerprint density at radius 3 is 2.06 bits per heavy atom. The van der Waals surface area contributed by atoms with Gasteiger partial charge in [-0.25, -0.2) is 3.11 Å². The fraction of sp³-hybridized carbons (Fsp3) is 0.500. The molecular formula is C12H13F3IN. The van der Waals surface area contributed by atoms with Gasteiger partial charge < -0.3 is 0 Å². The van der Waals surface area contributed by atoms with Gasteiger partial charge in [-0.1, -0.05) is 12.1 Å². The lowest BCUT2D eigenvalue weighted by Crippen LogP contribution is -2.24. The molecule has 0 saturated carbocycles. The molecule has 0 unspecified atom stereocenters. The summed E-state index contributed by atoms with van der Waals surface area (Å²) in [6.07, 6.45) is -2.19. The highest BCUT2D eigenvalue weighted by Crippen LogP contribution is 2.33. The van der Waals surface area contributed by atoms with E-state index in [0.717, 1.165) is 31.5 Å². The molecule has 1 saturated heterocycles. The summed E-state index contributed by atoms with van der Waals surface area (Å²) in [6, 6.07) is 5.62. The fourth-order valence-corrected chi connectivity index (χ4v) is 2.68. The normalized spacial score (nSPS) is 19.5. The van der Waals surface area contributed by atoms with Crippen LogP contribution in [0.3, 0.4) is 0 Å². The molecule has 2 rings (SSSR count). The predicted octanol–water partition coefficient (Wildman–Crippen LogP) is 4.23. The monoisotopic (exact) mass is 355 g/mol. The first-order valence-corrected chi connectivity index (χ1v) is 6.51. The Kier molecular flexibility index (Phi) is 3.97. The van der Waals surface area contributed by atoms with Crippen LogP contribution in [0.15, 0.2) is 24.3 Å². The zero-order valence-electron chi connectivity index (χ0n) is 9.17. The Hall–Kier alpha value is -0.300. The van der Waals surface area contributed by atoms with Gasteiger partial charge in [0, 0.05) is 36.0 Å². The molecule has 0 radical (unpaired) electrons. The molecule has 0 atom stereocenters. The van der Waals surface area contributed by atoms with E-state index in [9.17, 15) is 13.2 Å². The van der Waals surface area contributed by atoms with E-state index in [-0.39, 0.29) is 0 Å². The Morgan fingerprint density at radius 2 is 1.59 bits per heavy atom. The third-order valence-corrected chi connectivity index (χ3v) is 4.11. The van der Waals surface area contributed by atoms with Crippen LogP contribution in [0.1, 0.15) is 29.9 Å². The summed E-state index contributed by atoms with van der Waals surface area (Å²) in [5.74, 6) is 0.406. The van der Waals surface area contributed by atoms with Crippen LogP contribution in [0.2, 0.25) is 0 Å². The molecule has 1 aliphatic rings. The van der Waals surface area contributed by atoms with Crippen LogP contribution < -0.4 is 0 Å². The minimum absolute atomic E-state index is 0.406. The van der Waals surface area contributed by atoms with Gasteiger partial charge in [0.2, 0.25) is 0 Å². The molecule has 0 amide bonds. The van der Waals surface area contributed by atoms with Crippen molar-refractivity contribution < 1.29 is 13.2 Å². The summed E-state index contributed by atoms with van der Waals surface area (Å²) in [6.45, 7) is 2.01. The minimum Gasteiger partial charge on any atom is -0.248 e. The Morgan fingerprint density at radius 1 is 1.06 bits per heavy atom. The number of hydrogen-bond acceptors (Lipinski definition) is 1. The number of benzene rings is 1. The molecule has 1 aromatic rings. The van der Waals surface area contributed by atoms with Crippen molar-refractivity contribution in [1.29, 1.82) is 0 Å². The molecule has 1 heterocycles. The Labute approximate surface area is 112 Å². The van der Waals surface area contributed by atoms with Gasteiger partial charge in [0.25, 0.3) is 0 Å². The summed E-state index contributed by atoms with van der Waals surface area (Å²) in [7, 11) is 0. The number of nitrogens with zero attached hydrogens (tertiary/aromatic N) is 1. The number of hydrogen-bond donors (Lipinski definition) is 0. The molecule has 0 spiro atoms. The molecule has 94 valence electrons.